The molecule has 0 aliphatic heterocycles. The van der Waals surface area contributed by atoms with Crippen molar-refractivity contribution in [1.29, 1.82) is 0 Å². The van der Waals surface area contributed by atoms with E-state index in [2.05, 4.69) is 236 Å². The van der Waals surface area contributed by atoms with E-state index in [4.69, 9.17) is 24.9 Å². The molecule has 0 saturated carbocycles. The molecule has 14 rings (SSSR count). The van der Waals surface area contributed by atoms with Gasteiger partial charge < -0.3 is 0 Å². The molecule has 2 heterocycles. The van der Waals surface area contributed by atoms with Gasteiger partial charge in [-0.25, -0.2) is 24.9 Å². The van der Waals surface area contributed by atoms with Crippen LogP contribution < -0.4 is 0 Å². The van der Waals surface area contributed by atoms with Gasteiger partial charge >= 0.3 is 0 Å². The molecule has 0 amide bonds. The Balaban J connectivity index is 0.873. The van der Waals surface area contributed by atoms with Crippen molar-refractivity contribution in [3.05, 3.63) is 246 Å². The van der Waals surface area contributed by atoms with Gasteiger partial charge in [0.05, 0.1) is 11.4 Å². The molecule has 0 fully saturated rings. The van der Waals surface area contributed by atoms with Gasteiger partial charge in [0.2, 0.25) is 0 Å². The molecule has 5 nitrogen and oxygen atoms in total. The lowest BCUT2D eigenvalue weighted by atomic mass is 9.82. The summed E-state index contributed by atoms with van der Waals surface area (Å²) >= 11 is 0. The van der Waals surface area contributed by atoms with Gasteiger partial charge in [0.1, 0.15) is 0 Å². The average molecular weight is 964 g/mol. The van der Waals surface area contributed by atoms with E-state index in [1.807, 2.05) is 18.2 Å². The maximum atomic E-state index is 5.34. The van der Waals surface area contributed by atoms with Gasteiger partial charge in [-0.15, -0.1) is 0 Å². The van der Waals surface area contributed by atoms with Crippen LogP contribution in [-0.4, -0.2) is 24.9 Å². The third-order valence-electron chi connectivity index (χ3n) is 16.6. The summed E-state index contributed by atoms with van der Waals surface area (Å²) in [5.74, 6) is 2.59. The molecule has 0 atom stereocenters. The highest BCUT2D eigenvalue weighted by atomic mass is 15.0. The van der Waals surface area contributed by atoms with Crippen LogP contribution in [-0.2, 0) is 16.2 Å². The van der Waals surface area contributed by atoms with Crippen LogP contribution in [0.2, 0.25) is 0 Å². The summed E-state index contributed by atoms with van der Waals surface area (Å²) in [5, 5.41) is 0. The smallest absolute Gasteiger partial charge is 0.164 e. The molecule has 9 aromatic carbocycles. The van der Waals surface area contributed by atoms with Crippen molar-refractivity contribution in [3.63, 3.8) is 0 Å². The molecule has 0 saturated heterocycles. The second kappa shape index (κ2) is 16.5. The van der Waals surface area contributed by atoms with Gasteiger partial charge in [-0.1, -0.05) is 217 Å². The van der Waals surface area contributed by atoms with Crippen LogP contribution in [0.15, 0.2) is 212 Å². The van der Waals surface area contributed by atoms with Gasteiger partial charge in [0.25, 0.3) is 0 Å². The van der Waals surface area contributed by atoms with Gasteiger partial charge in [-0.2, -0.15) is 0 Å². The number of hydrogen-bond acceptors (Lipinski definition) is 5. The van der Waals surface area contributed by atoms with Gasteiger partial charge in [-0.05, 0) is 114 Å². The number of hydrogen-bond donors (Lipinski definition) is 0. The lowest BCUT2D eigenvalue weighted by Gasteiger charge is -2.22. The molecule has 3 aliphatic rings. The van der Waals surface area contributed by atoms with Crippen LogP contribution in [0.3, 0.4) is 0 Å². The second-order valence-electron chi connectivity index (χ2n) is 22.1. The highest BCUT2D eigenvalue weighted by Gasteiger charge is 2.38. The summed E-state index contributed by atoms with van der Waals surface area (Å²) in [6, 6.07) is 76.3. The van der Waals surface area contributed by atoms with Crippen molar-refractivity contribution >= 4 is 0 Å². The lowest BCUT2D eigenvalue weighted by Crippen LogP contribution is -2.15. The average Bonchev–Trinajstić information content (AvgIpc) is 3.94. The molecule has 0 spiro atoms. The zero-order chi connectivity index (χ0) is 50.8. The fourth-order valence-electron chi connectivity index (χ4n) is 12.5. The highest BCUT2D eigenvalue weighted by Crippen LogP contribution is 2.52. The van der Waals surface area contributed by atoms with Gasteiger partial charge in [-0.3, -0.25) is 0 Å². The lowest BCUT2D eigenvalue weighted by molar-refractivity contribution is 0.660. The molecule has 0 radical (unpaired) electrons. The largest absolute Gasteiger partial charge is 0.228 e. The number of fused-ring (bicyclic) bond motifs is 9. The molecule has 75 heavy (non-hydrogen) atoms. The van der Waals surface area contributed by atoms with Crippen molar-refractivity contribution in [2.45, 2.75) is 57.8 Å². The molecule has 0 N–H and O–H groups in total. The van der Waals surface area contributed by atoms with Crippen molar-refractivity contribution in [3.8, 4) is 113 Å². The Morgan fingerprint density at radius 2 is 0.560 bits per heavy atom. The van der Waals surface area contributed by atoms with E-state index in [-0.39, 0.29) is 16.2 Å². The van der Waals surface area contributed by atoms with Crippen molar-refractivity contribution < 1.29 is 0 Å². The molecule has 3 aliphatic carbocycles. The number of nitrogens with zero attached hydrogens (tertiary/aromatic N) is 5. The highest BCUT2D eigenvalue weighted by molar-refractivity contribution is 5.87. The standard InChI is InChI=1S/C70H53N5/c1-68(2)58-29-15-12-26-52(58)55-38-46(32-35-59(55)68)63-41-62(71-64(72-63)42-18-8-7-9-19-42)45-22-16-20-43(36-45)44-21-17-23-47(37-44)65-73-66(48-30-33-53-50-24-10-13-27-56(50)69(3,4)60(53)39-48)75-67(74-65)49-31-34-54-51-25-11-14-28-57(51)70(5,6)61(54)40-49/h7-41H,1-6H3. The monoisotopic (exact) mass is 963 g/mol. The third kappa shape index (κ3) is 7.09. The molecular formula is C70H53N5. The summed E-state index contributed by atoms with van der Waals surface area (Å²) in [6.45, 7) is 13.9. The Hall–Kier alpha value is -8.93. The maximum absolute atomic E-state index is 5.34. The van der Waals surface area contributed by atoms with Gasteiger partial charge in [0, 0.05) is 49.6 Å². The predicted molar refractivity (Wildman–Crippen MR) is 306 cm³/mol. The fourth-order valence-corrected chi connectivity index (χ4v) is 12.5. The molecule has 0 bridgehead atoms. The van der Waals surface area contributed by atoms with Crippen LogP contribution in [0.25, 0.3) is 113 Å². The molecule has 0 unspecified atom stereocenters. The minimum Gasteiger partial charge on any atom is -0.228 e. The van der Waals surface area contributed by atoms with E-state index in [0.717, 1.165) is 55.9 Å². The quantitative estimate of drug-likeness (QED) is 0.159. The van der Waals surface area contributed by atoms with Gasteiger partial charge in [0.15, 0.2) is 23.3 Å². The second-order valence-corrected chi connectivity index (χ2v) is 22.1. The molecule has 11 aromatic rings. The Morgan fingerprint density at radius 1 is 0.213 bits per heavy atom. The molecule has 2 aromatic heterocycles. The first-order valence-corrected chi connectivity index (χ1v) is 26.1. The fraction of sp³-hybridized carbons (Fsp3) is 0.129. The summed E-state index contributed by atoms with van der Waals surface area (Å²) in [6.07, 6.45) is 0. The summed E-state index contributed by atoms with van der Waals surface area (Å²) in [5.41, 5.74) is 24.8. The van der Waals surface area contributed by atoms with Crippen LogP contribution in [0, 0.1) is 0 Å². The minimum atomic E-state index is -0.174. The van der Waals surface area contributed by atoms with Crippen molar-refractivity contribution in [2.75, 3.05) is 0 Å². The Bertz CT molecular complexity index is 4040. The molecule has 358 valence electrons. The third-order valence-corrected chi connectivity index (χ3v) is 16.6. The van der Waals surface area contributed by atoms with Crippen molar-refractivity contribution in [1.82, 2.24) is 24.9 Å². The van der Waals surface area contributed by atoms with Crippen LogP contribution in [0.1, 0.15) is 74.9 Å². The minimum absolute atomic E-state index is 0.0807. The Labute approximate surface area is 438 Å². The number of rotatable bonds is 7. The predicted octanol–water partition coefficient (Wildman–Crippen LogP) is 17.2. The first-order chi connectivity index (χ1) is 36.4. The summed E-state index contributed by atoms with van der Waals surface area (Å²) in [7, 11) is 0. The number of aromatic nitrogens is 5. The zero-order valence-corrected chi connectivity index (χ0v) is 42.9. The van der Waals surface area contributed by atoms with E-state index in [0.29, 0.717) is 23.3 Å². The normalized spacial score (nSPS) is 14.6. The van der Waals surface area contributed by atoms with Crippen LogP contribution >= 0.6 is 0 Å². The first kappa shape index (κ1) is 44.7. The topological polar surface area (TPSA) is 64.5 Å². The maximum Gasteiger partial charge on any atom is 0.164 e. The van der Waals surface area contributed by atoms with E-state index in [9.17, 15) is 0 Å². The van der Waals surface area contributed by atoms with E-state index in [1.54, 1.807) is 0 Å². The van der Waals surface area contributed by atoms with Crippen molar-refractivity contribution in [2.24, 2.45) is 0 Å². The number of benzene rings is 9. The first-order valence-electron chi connectivity index (χ1n) is 26.1. The van der Waals surface area contributed by atoms with E-state index < -0.39 is 0 Å². The SMILES string of the molecule is CC1(C)c2ccccc2-c2cc(-c3cc(-c4cccc(-c5cccc(-c6nc(-c7ccc8c(c7)C(C)(C)c7ccccc7-8)nc(-c7ccc8c(c7)C(C)(C)c7ccccc7-8)n6)c5)c4)nc(-c4ccccc4)n3)ccc21. The van der Waals surface area contributed by atoms with Crippen LogP contribution in [0.5, 0.6) is 0 Å². The van der Waals surface area contributed by atoms with E-state index >= 15 is 0 Å². The Morgan fingerprint density at radius 3 is 1.09 bits per heavy atom. The van der Waals surface area contributed by atoms with Crippen LogP contribution in [0.4, 0.5) is 0 Å². The molecule has 5 heteroatoms. The zero-order valence-electron chi connectivity index (χ0n) is 42.9. The molecular weight excluding hydrogens is 911 g/mol. The Kier molecular flexibility index (Phi) is 9.87. The van der Waals surface area contributed by atoms with E-state index in [1.165, 1.54) is 66.8 Å². The summed E-state index contributed by atoms with van der Waals surface area (Å²) in [4.78, 5) is 26.5. The summed E-state index contributed by atoms with van der Waals surface area (Å²) < 4.78 is 0.